The zero-order valence-electron chi connectivity index (χ0n) is 10.2. The minimum atomic E-state index is -1.34. The molecule has 0 saturated carbocycles. The number of hydrogen-bond acceptors (Lipinski definition) is 6. The highest BCUT2D eigenvalue weighted by molar-refractivity contribution is 6.08. The molecule has 0 unspecified atom stereocenters. The number of nitrogens with zero attached hydrogens (tertiary/aromatic N) is 1. The molecular weight excluding hydrogens is 258 g/mol. The molecule has 0 heterocycles. The number of carboxylic acids is 1. The second kappa shape index (κ2) is 5.80. The highest BCUT2D eigenvalue weighted by Gasteiger charge is 2.26. The topological polar surface area (TPSA) is 116 Å². The summed E-state index contributed by atoms with van der Waals surface area (Å²) in [4.78, 5) is 32.4. The molecular formula is C11H11NO7. The van der Waals surface area contributed by atoms with E-state index in [2.05, 4.69) is 0 Å². The van der Waals surface area contributed by atoms with Crippen LogP contribution in [0.4, 0.5) is 5.69 Å². The van der Waals surface area contributed by atoms with Gasteiger partial charge in [0.1, 0.15) is 12.2 Å². The fraction of sp³-hybridized carbons (Fsp3) is 0.273. The van der Waals surface area contributed by atoms with Gasteiger partial charge in [0, 0.05) is 0 Å². The molecule has 0 aliphatic rings. The van der Waals surface area contributed by atoms with E-state index in [4.69, 9.17) is 14.6 Å². The molecule has 0 aromatic heterocycles. The maximum absolute atomic E-state index is 11.7. The molecule has 0 radical (unpaired) electrons. The van der Waals surface area contributed by atoms with Crippen LogP contribution < -0.4 is 9.47 Å². The van der Waals surface area contributed by atoms with Crippen molar-refractivity contribution in [3.63, 3.8) is 0 Å². The number of methoxy groups -OCH3 is 2. The molecule has 0 aliphatic carbocycles. The molecule has 8 nitrogen and oxygen atoms in total. The number of ether oxygens (including phenoxy) is 2. The first kappa shape index (κ1) is 14.4. The predicted molar refractivity (Wildman–Crippen MR) is 62.8 cm³/mol. The van der Waals surface area contributed by atoms with Crippen molar-refractivity contribution in [2.24, 2.45) is 0 Å². The third kappa shape index (κ3) is 3.18. The molecule has 19 heavy (non-hydrogen) atoms. The summed E-state index contributed by atoms with van der Waals surface area (Å²) >= 11 is 0. The number of carbonyl (C=O) groups excluding carboxylic acids is 1. The van der Waals surface area contributed by atoms with Crippen LogP contribution in [0.1, 0.15) is 16.8 Å². The molecule has 0 saturated heterocycles. The van der Waals surface area contributed by atoms with Gasteiger partial charge in [0.05, 0.1) is 30.8 Å². The minimum Gasteiger partial charge on any atom is -0.496 e. The monoisotopic (exact) mass is 269 g/mol. The van der Waals surface area contributed by atoms with E-state index in [1.165, 1.54) is 13.2 Å². The van der Waals surface area contributed by atoms with Gasteiger partial charge in [0.25, 0.3) is 0 Å². The summed E-state index contributed by atoms with van der Waals surface area (Å²) in [7, 11) is 2.43. The summed E-state index contributed by atoms with van der Waals surface area (Å²) in [6.45, 7) is 0. The lowest BCUT2D eigenvalue weighted by Crippen LogP contribution is -2.10. The smallest absolute Gasteiger partial charge is 0.315 e. The van der Waals surface area contributed by atoms with Crippen molar-refractivity contribution < 1.29 is 29.1 Å². The molecule has 1 rings (SSSR count). The SMILES string of the molecule is COc1cc(C(=O)CC(=O)O)c(OC)c([N+](=O)[O-])c1. The number of benzene rings is 1. The van der Waals surface area contributed by atoms with Gasteiger partial charge in [-0.1, -0.05) is 0 Å². The number of ketones is 1. The zero-order valence-corrected chi connectivity index (χ0v) is 10.2. The van der Waals surface area contributed by atoms with Crippen molar-refractivity contribution in [2.45, 2.75) is 6.42 Å². The Hall–Kier alpha value is -2.64. The molecule has 1 aromatic carbocycles. The van der Waals surface area contributed by atoms with Crippen LogP contribution in [-0.4, -0.2) is 36.0 Å². The largest absolute Gasteiger partial charge is 0.496 e. The van der Waals surface area contributed by atoms with E-state index in [9.17, 15) is 19.7 Å². The third-order valence-corrected chi connectivity index (χ3v) is 2.29. The van der Waals surface area contributed by atoms with Crippen molar-refractivity contribution in [1.82, 2.24) is 0 Å². The molecule has 1 aromatic rings. The number of nitro benzene ring substituents is 1. The predicted octanol–water partition coefficient (Wildman–Crippen LogP) is 1.27. The van der Waals surface area contributed by atoms with Crippen LogP contribution in [0.15, 0.2) is 12.1 Å². The van der Waals surface area contributed by atoms with Gasteiger partial charge < -0.3 is 14.6 Å². The Morgan fingerprint density at radius 1 is 1.32 bits per heavy atom. The van der Waals surface area contributed by atoms with Gasteiger partial charge in [-0.3, -0.25) is 19.7 Å². The van der Waals surface area contributed by atoms with Gasteiger partial charge in [-0.05, 0) is 6.07 Å². The molecule has 1 N–H and O–H groups in total. The second-order valence-electron chi connectivity index (χ2n) is 3.48. The van der Waals surface area contributed by atoms with Gasteiger partial charge in [-0.2, -0.15) is 0 Å². The maximum Gasteiger partial charge on any atom is 0.315 e. The van der Waals surface area contributed by atoms with Crippen LogP contribution in [0.25, 0.3) is 0 Å². The van der Waals surface area contributed by atoms with Crippen LogP contribution in [0.2, 0.25) is 0 Å². The van der Waals surface area contributed by atoms with Crippen molar-refractivity contribution >= 4 is 17.4 Å². The van der Waals surface area contributed by atoms with Gasteiger partial charge in [0.2, 0.25) is 5.75 Å². The lowest BCUT2D eigenvalue weighted by Gasteiger charge is -2.09. The number of aliphatic carboxylic acids is 1. The number of carbonyl (C=O) groups is 2. The average molecular weight is 269 g/mol. The molecule has 102 valence electrons. The normalized spacial score (nSPS) is 9.79. The molecule has 0 bridgehead atoms. The summed E-state index contributed by atoms with van der Waals surface area (Å²) in [5, 5.41) is 19.5. The van der Waals surface area contributed by atoms with Crippen LogP contribution >= 0.6 is 0 Å². The Balaban J connectivity index is 3.43. The fourth-order valence-electron chi connectivity index (χ4n) is 1.50. The van der Waals surface area contributed by atoms with E-state index in [0.29, 0.717) is 0 Å². The van der Waals surface area contributed by atoms with E-state index in [1.807, 2.05) is 0 Å². The number of hydrogen-bond donors (Lipinski definition) is 1. The highest BCUT2D eigenvalue weighted by Crippen LogP contribution is 2.35. The summed E-state index contributed by atoms with van der Waals surface area (Å²) in [6, 6.07) is 2.30. The van der Waals surface area contributed by atoms with Crippen LogP contribution in [0.3, 0.4) is 0 Å². The van der Waals surface area contributed by atoms with Gasteiger partial charge in [-0.25, -0.2) is 0 Å². The first-order valence-corrected chi connectivity index (χ1v) is 5.06. The first-order chi connectivity index (χ1) is 8.90. The van der Waals surface area contributed by atoms with Crippen LogP contribution in [-0.2, 0) is 4.79 Å². The van der Waals surface area contributed by atoms with E-state index in [1.54, 1.807) is 0 Å². The quantitative estimate of drug-likeness (QED) is 0.357. The van der Waals surface area contributed by atoms with Crippen molar-refractivity contribution in [1.29, 1.82) is 0 Å². The van der Waals surface area contributed by atoms with Gasteiger partial charge >= 0.3 is 11.7 Å². The fourth-order valence-corrected chi connectivity index (χ4v) is 1.50. The Morgan fingerprint density at radius 2 is 1.95 bits per heavy atom. The Labute approximate surface area is 107 Å². The van der Waals surface area contributed by atoms with Crippen molar-refractivity contribution in [3.8, 4) is 11.5 Å². The molecule has 0 spiro atoms. The number of carboxylic acid groups (broad SMARTS) is 1. The lowest BCUT2D eigenvalue weighted by atomic mass is 10.1. The minimum absolute atomic E-state index is 0.0706. The van der Waals surface area contributed by atoms with Crippen LogP contribution in [0.5, 0.6) is 11.5 Å². The lowest BCUT2D eigenvalue weighted by molar-refractivity contribution is -0.385. The molecule has 8 heteroatoms. The summed E-state index contributed by atoms with van der Waals surface area (Å²) in [6.07, 6.45) is -0.791. The summed E-state index contributed by atoms with van der Waals surface area (Å²) in [5.74, 6) is -2.35. The summed E-state index contributed by atoms with van der Waals surface area (Å²) in [5.41, 5.74) is -0.661. The third-order valence-electron chi connectivity index (χ3n) is 2.29. The standard InChI is InChI=1S/C11H11NO7/c1-18-6-3-7(9(13)5-10(14)15)11(19-2)8(4-6)12(16)17/h3-4H,5H2,1-2H3,(H,14,15). The molecule has 0 amide bonds. The van der Waals surface area contributed by atoms with E-state index < -0.39 is 28.8 Å². The molecule has 0 aliphatic heterocycles. The average Bonchev–Trinajstić information content (AvgIpc) is 2.35. The highest BCUT2D eigenvalue weighted by atomic mass is 16.6. The van der Waals surface area contributed by atoms with E-state index in [0.717, 1.165) is 13.2 Å². The van der Waals surface area contributed by atoms with Crippen LogP contribution in [0, 0.1) is 10.1 Å². The summed E-state index contributed by atoms with van der Waals surface area (Å²) < 4.78 is 9.67. The number of rotatable bonds is 6. The van der Waals surface area contributed by atoms with E-state index >= 15 is 0 Å². The van der Waals surface area contributed by atoms with Crippen molar-refractivity contribution in [2.75, 3.05) is 14.2 Å². The first-order valence-electron chi connectivity index (χ1n) is 5.06. The number of Topliss-reactive ketones (excluding diaryl/α,β-unsaturated/α-hetero) is 1. The number of nitro groups is 1. The maximum atomic E-state index is 11.7. The van der Waals surface area contributed by atoms with Crippen molar-refractivity contribution in [3.05, 3.63) is 27.8 Å². The van der Waals surface area contributed by atoms with Gasteiger partial charge in [-0.15, -0.1) is 0 Å². The molecule has 0 fully saturated rings. The van der Waals surface area contributed by atoms with E-state index in [-0.39, 0.29) is 17.1 Å². The second-order valence-corrected chi connectivity index (χ2v) is 3.48. The Morgan fingerprint density at radius 3 is 2.37 bits per heavy atom. The van der Waals surface area contributed by atoms with Gasteiger partial charge in [0.15, 0.2) is 5.78 Å². The Kier molecular flexibility index (Phi) is 4.41. The zero-order chi connectivity index (χ0) is 14.6. The molecule has 0 atom stereocenters. The Bertz CT molecular complexity index is 538.